The van der Waals surface area contributed by atoms with Crippen molar-refractivity contribution in [2.24, 2.45) is 0 Å². The molecule has 0 saturated heterocycles. The van der Waals surface area contributed by atoms with Gasteiger partial charge in [-0.25, -0.2) is 9.59 Å². The highest BCUT2D eigenvalue weighted by atomic mass is 16.6. The summed E-state index contributed by atoms with van der Waals surface area (Å²) >= 11 is 0. The maximum atomic E-state index is 9.10. The fraction of sp³-hybridized carbons (Fsp3) is 0.556. The van der Waals surface area contributed by atoms with Gasteiger partial charge in [0.1, 0.15) is 6.61 Å². The minimum Gasteiger partial charge on any atom is -0.493 e. The predicted molar refractivity (Wildman–Crippen MR) is 98.9 cm³/mol. The van der Waals surface area contributed by atoms with Crippen molar-refractivity contribution >= 4 is 11.9 Å². The van der Waals surface area contributed by atoms with Gasteiger partial charge >= 0.3 is 11.9 Å². The summed E-state index contributed by atoms with van der Waals surface area (Å²) < 4.78 is 21.7. The van der Waals surface area contributed by atoms with E-state index in [1.165, 1.54) is 12.8 Å². The van der Waals surface area contributed by atoms with Crippen LogP contribution in [0.1, 0.15) is 19.8 Å². The number of unbranched alkanes of at least 4 members (excludes halogenated alkanes) is 1. The third kappa shape index (κ3) is 11.7. The van der Waals surface area contributed by atoms with E-state index < -0.39 is 11.9 Å². The molecular formula is C18H29NO8. The van der Waals surface area contributed by atoms with Crippen molar-refractivity contribution in [1.82, 2.24) is 5.32 Å². The lowest BCUT2D eigenvalue weighted by atomic mass is 10.3. The Morgan fingerprint density at radius 2 is 1.56 bits per heavy atom. The summed E-state index contributed by atoms with van der Waals surface area (Å²) in [5, 5.41) is 18.1. The first-order valence-electron chi connectivity index (χ1n) is 8.56. The van der Waals surface area contributed by atoms with Gasteiger partial charge in [0.05, 0.1) is 27.4 Å². The molecule has 9 heteroatoms. The van der Waals surface area contributed by atoms with Crippen LogP contribution in [0.25, 0.3) is 0 Å². The van der Waals surface area contributed by atoms with Gasteiger partial charge in [0.2, 0.25) is 5.75 Å². The van der Waals surface area contributed by atoms with E-state index in [4.69, 9.17) is 38.7 Å². The number of methoxy groups -OCH3 is 2. The van der Waals surface area contributed by atoms with Gasteiger partial charge in [-0.05, 0) is 25.1 Å². The number of aliphatic carboxylic acids is 2. The Hall–Kier alpha value is -2.52. The van der Waals surface area contributed by atoms with Gasteiger partial charge in [-0.2, -0.15) is 0 Å². The fourth-order valence-electron chi connectivity index (χ4n) is 1.84. The van der Waals surface area contributed by atoms with Crippen LogP contribution >= 0.6 is 0 Å². The molecule has 154 valence electrons. The Morgan fingerprint density at radius 3 is 2.04 bits per heavy atom. The second-order valence-electron chi connectivity index (χ2n) is 5.17. The average Bonchev–Trinajstić information content (AvgIpc) is 2.66. The molecule has 0 aliphatic carbocycles. The van der Waals surface area contributed by atoms with E-state index in [-0.39, 0.29) is 0 Å². The molecule has 9 nitrogen and oxygen atoms in total. The average molecular weight is 387 g/mol. The zero-order valence-electron chi connectivity index (χ0n) is 16.0. The standard InChI is InChI=1S/C16H27NO4.C2H2O4/c1-4-5-9-17-10-11-20-12-13-21-16-14(18-2)7-6-8-15(16)19-3;3-1(4)2(5)6/h6-8,17H,4-5,9-13H2,1-3H3;(H,3,4)(H,5,6). The summed E-state index contributed by atoms with van der Waals surface area (Å²) in [6.07, 6.45) is 2.42. The van der Waals surface area contributed by atoms with Crippen molar-refractivity contribution in [3.63, 3.8) is 0 Å². The van der Waals surface area contributed by atoms with Crippen molar-refractivity contribution < 1.29 is 38.7 Å². The first kappa shape index (κ1) is 24.5. The van der Waals surface area contributed by atoms with E-state index in [9.17, 15) is 0 Å². The minimum absolute atomic E-state index is 0.464. The molecule has 1 rings (SSSR count). The lowest BCUT2D eigenvalue weighted by molar-refractivity contribution is -0.159. The molecule has 0 spiro atoms. The van der Waals surface area contributed by atoms with Crippen LogP contribution in [0.3, 0.4) is 0 Å². The van der Waals surface area contributed by atoms with Gasteiger partial charge in [-0.15, -0.1) is 0 Å². The zero-order chi connectivity index (χ0) is 20.5. The normalized spacial score (nSPS) is 9.74. The second-order valence-corrected chi connectivity index (χ2v) is 5.17. The Morgan fingerprint density at radius 1 is 0.963 bits per heavy atom. The number of benzene rings is 1. The van der Waals surface area contributed by atoms with E-state index in [1.807, 2.05) is 18.2 Å². The second kappa shape index (κ2) is 15.7. The lowest BCUT2D eigenvalue weighted by Crippen LogP contribution is -2.21. The molecule has 0 bridgehead atoms. The molecule has 1 aromatic carbocycles. The highest BCUT2D eigenvalue weighted by Gasteiger charge is 2.10. The first-order valence-corrected chi connectivity index (χ1v) is 8.56. The number of hydrogen-bond donors (Lipinski definition) is 3. The molecule has 0 radical (unpaired) electrons. The first-order chi connectivity index (χ1) is 13.0. The molecule has 3 N–H and O–H groups in total. The molecule has 0 unspecified atom stereocenters. The Labute approximate surface area is 159 Å². The zero-order valence-corrected chi connectivity index (χ0v) is 16.0. The summed E-state index contributed by atoms with van der Waals surface area (Å²) in [5.41, 5.74) is 0. The highest BCUT2D eigenvalue weighted by molar-refractivity contribution is 6.27. The number of carboxylic acids is 2. The van der Waals surface area contributed by atoms with Crippen LogP contribution in [0, 0.1) is 0 Å². The van der Waals surface area contributed by atoms with Gasteiger partial charge in [-0.1, -0.05) is 19.4 Å². The monoisotopic (exact) mass is 387 g/mol. The van der Waals surface area contributed by atoms with Crippen molar-refractivity contribution in [2.75, 3.05) is 47.1 Å². The van der Waals surface area contributed by atoms with E-state index in [2.05, 4.69) is 12.2 Å². The number of ether oxygens (including phenoxy) is 4. The van der Waals surface area contributed by atoms with E-state index in [0.29, 0.717) is 37.1 Å². The van der Waals surface area contributed by atoms with Crippen LogP contribution in [0.5, 0.6) is 17.2 Å². The number of hydrogen-bond acceptors (Lipinski definition) is 7. The van der Waals surface area contributed by atoms with Crippen LogP contribution in [-0.2, 0) is 14.3 Å². The number of rotatable bonds is 12. The van der Waals surface area contributed by atoms with Crippen LogP contribution < -0.4 is 19.5 Å². The Kier molecular flexibility index (Phi) is 14.2. The van der Waals surface area contributed by atoms with Gasteiger partial charge in [0.25, 0.3) is 0 Å². The lowest BCUT2D eigenvalue weighted by Gasteiger charge is -2.14. The highest BCUT2D eigenvalue weighted by Crippen LogP contribution is 2.36. The van der Waals surface area contributed by atoms with Crippen LogP contribution in [0.4, 0.5) is 0 Å². The molecule has 0 aliphatic rings. The van der Waals surface area contributed by atoms with Crippen molar-refractivity contribution in [1.29, 1.82) is 0 Å². The number of nitrogens with one attached hydrogen (secondary N) is 1. The van der Waals surface area contributed by atoms with Crippen LogP contribution in [0.15, 0.2) is 18.2 Å². The predicted octanol–water partition coefficient (Wildman–Crippen LogP) is 1.64. The molecule has 0 aliphatic heterocycles. The molecule has 0 saturated carbocycles. The summed E-state index contributed by atoms with van der Waals surface area (Å²) in [6.45, 7) is 5.80. The molecule has 0 heterocycles. The van der Waals surface area contributed by atoms with Gasteiger partial charge in [0, 0.05) is 6.54 Å². The van der Waals surface area contributed by atoms with E-state index in [0.717, 1.165) is 13.1 Å². The third-order valence-corrected chi connectivity index (χ3v) is 3.17. The number of para-hydroxylation sites is 1. The van der Waals surface area contributed by atoms with Crippen LogP contribution in [0.2, 0.25) is 0 Å². The topological polar surface area (TPSA) is 124 Å². The van der Waals surface area contributed by atoms with Gasteiger partial charge in [-0.3, -0.25) is 0 Å². The smallest absolute Gasteiger partial charge is 0.414 e. The van der Waals surface area contributed by atoms with Crippen molar-refractivity contribution in [3.05, 3.63) is 18.2 Å². The summed E-state index contributed by atoms with van der Waals surface area (Å²) in [4.78, 5) is 18.2. The van der Waals surface area contributed by atoms with Crippen molar-refractivity contribution in [3.8, 4) is 17.2 Å². The van der Waals surface area contributed by atoms with Crippen molar-refractivity contribution in [2.45, 2.75) is 19.8 Å². The molecule has 0 amide bonds. The quantitative estimate of drug-likeness (QED) is 0.363. The van der Waals surface area contributed by atoms with Crippen LogP contribution in [-0.4, -0.2) is 69.3 Å². The third-order valence-electron chi connectivity index (χ3n) is 3.17. The van der Waals surface area contributed by atoms with E-state index in [1.54, 1.807) is 14.2 Å². The summed E-state index contributed by atoms with van der Waals surface area (Å²) in [5.74, 6) is -1.71. The van der Waals surface area contributed by atoms with E-state index >= 15 is 0 Å². The molecule has 1 aromatic rings. The molecule has 0 aromatic heterocycles. The molecule has 0 atom stereocenters. The number of carboxylic acid groups (broad SMARTS) is 2. The molecular weight excluding hydrogens is 358 g/mol. The minimum atomic E-state index is -1.82. The molecule has 27 heavy (non-hydrogen) atoms. The molecule has 0 fully saturated rings. The maximum Gasteiger partial charge on any atom is 0.414 e. The Bertz CT molecular complexity index is 516. The largest absolute Gasteiger partial charge is 0.493 e. The summed E-state index contributed by atoms with van der Waals surface area (Å²) in [7, 11) is 3.22. The summed E-state index contributed by atoms with van der Waals surface area (Å²) in [6, 6.07) is 5.55. The maximum absolute atomic E-state index is 9.10. The number of carbonyl (C=O) groups is 2. The van der Waals surface area contributed by atoms with Gasteiger partial charge in [0.15, 0.2) is 11.5 Å². The SMILES string of the molecule is CCCCNCCOCCOc1c(OC)cccc1OC.O=C(O)C(=O)O. The van der Waals surface area contributed by atoms with Gasteiger partial charge < -0.3 is 34.5 Å². The Balaban J connectivity index is 0.000000972. The fourth-order valence-corrected chi connectivity index (χ4v) is 1.84.